The molecule has 2 atom stereocenters. The molecule has 86 valence electrons. The highest BCUT2D eigenvalue weighted by Crippen LogP contribution is 2.68. The second kappa shape index (κ2) is 3.34. The molecule has 1 aromatic rings. The van der Waals surface area contributed by atoms with Crippen molar-refractivity contribution in [3.8, 4) is 0 Å². The van der Waals surface area contributed by atoms with Crippen LogP contribution in [0, 0.1) is 11.3 Å². The van der Waals surface area contributed by atoms with Crippen LogP contribution >= 0.6 is 0 Å². The third-order valence-corrected chi connectivity index (χ3v) is 4.20. The van der Waals surface area contributed by atoms with Crippen LogP contribution in [-0.2, 0) is 10.2 Å². The zero-order chi connectivity index (χ0) is 12.0. The van der Waals surface area contributed by atoms with Gasteiger partial charge in [-0.2, -0.15) is 0 Å². The lowest BCUT2D eigenvalue weighted by Gasteiger charge is -2.25. The molecule has 2 nitrogen and oxygen atoms in total. The smallest absolute Gasteiger partial charge is 0.307 e. The maximum absolute atomic E-state index is 11.2. The first kappa shape index (κ1) is 11.2. The van der Waals surface area contributed by atoms with Crippen molar-refractivity contribution in [2.45, 2.75) is 32.6 Å². The van der Waals surface area contributed by atoms with Crippen LogP contribution in [0.4, 0.5) is 0 Å². The van der Waals surface area contributed by atoms with E-state index < -0.39 is 5.97 Å². The van der Waals surface area contributed by atoms with Gasteiger partial charge < -0.3 is 5.11 Å². The van der Waals surface area contributed by atoms with E-state index in [0.29, 0.717) is 0 Å². The molecule has 2 rings (SSSR count). The summed E-state index contributed by atoms with van der Waals surface area (Å²) in [4.78, 5) is 11.2. The van der Waals surface area contributed by atoms with Crippen molar-refractivity contribution in [2.24, 2.45) is 11.3 Å². The van der Waals surface area contributed by atoms with E-state index in [1.807, 2.05) is 37.3 Å². The Bertz CT molecular complexity index is 408. The Kier molecular flexibility index (Phi) is 2.33. The molecule has 1 fully saturated rings. The van der Waals surface area contributed by atoms with Crippen LogP contribution in [0.5, 0.6) is 0 Å². The van der Waals surface area contributed by atoms with Gasteiger partial charge in [-0.25, -0.2) is 0 Å². The number of carboxylic acid groups (broad SMARTS) is 1. The van der Waals surface area contributed by atoms with E-state index in [2.05, 4.69) is 13.8 Å². The average Bonchev–Trinajstić information content (AvgIpc) is 2.83. The van der Waals surface area contributed by atoms with E-state index in [9.17, 15) is 9.90 Å². The second-order valence-corrected chi connectivity index (χ2v) is 5.46. The molecule has 1 N–H and O–H groups in total. The van der Waals surface area contributed by atoms with Gasteiger partial charge in [-0.1, -0.05) is 51.1 Å². The lowest BCUT2D eigenvalue weighted by atomic mass is 9.78. The summed E-state index contributed by atoms with van der Waals surface area (Å²) < 4.78 is 0. The Morgan fingerprint density at radius 2 is 1.81 bits per heavy atom. The van der Waals surface area contributed by atoms with Crippen molar-refractivity contribution in [3.63, 3.8) is 0 Å². The summed E-state index contributed by atoms with van der Waals surface area (Å²) in [5.41, 5.74) is 1.07. The Hall–Kier alpha value is -1.31. The fourth-order valence-corrected chi connectivity index (χ4v) is 3.08. The maximum atomic E-state index is 11.2. The molecule has 1 aliphatic rings. The summed E-state index contributed by atoms with van der Waals surface area (Å²) in [5.74, 6) is -1.03. The molecule has 0 aromatic heterocycles. The van der Waals surface area contributed by atoms with E-state index in [4.69, 9.17) is 0 Å². The molecule has 0 radical (unpaired) electrons. The van der Waals surface area contributed by atoms with Crippen molar-refractivity contribution in [2.75, 3.05) is 0 Å². The zero-order valence-electron chi connectivity index (χ0n) is 10.0. The van der Waals surface area contributed by atoms with Crippen molar-refractivity contribution in [1.29, 1.82) is 0 Å². The second-order valence-electron chi connectivity index (χ2n) is 5.46. The first-order valence-corrected chi connectivity index (χ1v) is 5.70. The first-order valence-electron chi connectivity index (χ1n) is 5.70. The van der Waals surface area contributed by atoms with Gasteiger partial charge in [-0.3, -0.25) is 4.79 Å². The van der Waals surface area contributed by atoms with Crippen molar-refractivity contribution >= 4 is 5.97 Å². The quantitative estimate of drug-likeness (QED) is 0.846. The summed E-state index contributed by atoms with van der Waals surface area (Å²) in [6, 6.07) is 10.0. The SMILES string of the molecule is C[C@@H](C(=O)O)C1(c2ccccc2)CC1(C)C. The van der Waals surface area contributed by atoms with Crippen molar-refractivity contribution in [3.05, 3.63) is 35.9 Å². The topological polar surface area (TPSA) is 37.3 Å². The lowest BCUT2D eigenvalue weighted by molar-refractivity contribution is -0.142. The van der Waals surface area contributed by atoms with Crippen LogP contribution in [0.15, 0.2) is 30.3 Å². The van der Waals surface area contributed by atoms with Crippen LogP contribution in [0.2, 0.25) is 0 Å². The van der Waals surface area contributed by atoms with E-state index in [-0.39, 0.29) is 16.7 Å². The van der Waals surface area contributed by atoms with Gasteiger partial charge in [0.15, 0.2) is 0 Å². The fraction of sp³-hybridized carbons (Fsp3) is 0.500. The Morgan fingerprint density at radius 3 is 2.19 bits per heavy atom. The minimum atomic E-state index is -0.700. The minimum Gasteiger partial charge on any atom is -0.481 e. The molecule has 1 aromatic carbocycles. The number of carbonyl (C=O) groups is 1. The van der Waals surface area contributed by atoms with Gasteiger partial charge in [-0.15, -0.1) is 0 Å². The minimum absolute atomic E-state index is 0.0894. The standard InChI is InChI=1S/C14H18O2/c1-10(12(15)16)14(9-13(14,2)3)11-7-5-4-6-8-11/h4-8,10H,9H2,1-3H3,(H,15,16)/t10-,14?/m0/s1. The lowest BCUT2D eigenvalue weighted by Crippen LogP contribution is -2.29. The van der Waals surface area contributed by atoms with Gasteiger partial charge in [-0.05, 0) is 17.4 Å². The third-order valence-electron chi connectivity index (χ3n) is 4.20. The number of benzene rings is 1. The largest absolute Gasteiger partial charge is 0.481 e. The van der Waals surface area contributed by atoms with Crippen LogP contribution in [0.1, 0.15) is 32.8 Å². The highest BCUT2D eigenvalue weighted by atomic mass is 16.4. The highest BCUT2D eigenvalue weighted by molar-refractivity contribution is 5.73. The van der Waals surface area contributed by atoms with E-state index >= 15 is 0 Å². The number of hydrogen-bond acceptors (Lipinski definition) is 1. The van der Waals surface area contributed by atoms with Crippen LogP contribution in [-0.4, -0.2) is 11.1 Å². The third kappa shape index (κ3) is 1.36. The molecule has 1 saturated carbocycles. The van der Waals surface area contributed by atoms with E-state index in [1.54, 1.807) is 0 Å². The molecule has 0 heterocycles. The highest BCUT2D eigenvalue weighted by Gasteiger charge is 2.66. The predicted octanol–water partition coefficient (Wildman–Crippen LogP) is 3.08. The van der Waals surface area contributed by atoms with Gasteiger partial charge in [0.1, 0.15) is 0 Å². The van der Waals surface area contributed by atoms with Crippen molar-refractivity contribution < 1.29 is 9.90 Å². The molecule has 16 heavy (non-hydrogen) atoms. The van der Waals surface area contributed by atoms with Crippen molar-refractivity contribution in [1.82, 2.24) is 0 Å². The van der Waals surface area contributed by atoms with E-state index in [0.717, 1.165) is 12.0 Å². The normalized spacial score (nSPS) is 28.4. The molecular weight excluding hydrogens is 200 g/mol. The van der Waals surface area contributed by atoms with Gasteiger partial charge in [0.2, 0.25) is 0 Å². The molecule has 0 bridgehead atoms. The van der Waals surface area contributed by atoms with Gasteiger partial charge in [0.05, 0.1) is 5.92 Å². The van der Waals surface area contributed by atoms with Gasteiger partial charge in [0, 0.05) is 5.41 Å². The predicted molar refractivity (Wildman–Crippen MR) is 63.3 cm³/mol. The van der Waals surface area contributed by atoms with Gasteiger partial charge >= 0.3 is 5.97 Å². The number of rotatable bonds is 3. The number of carboxylic acids is 1. The monoisotopic (exact) mass is 218 g/mol. The Balaban J connectivity index is 2.44. The molecule has 1 unspecified atom stereocenters. The van der Waals surface area contributed by atoms with E-state index in [1.165, 1.54) is 0 Å². The number of aliphatic carboxylic acids is 1. The molecular formula is C14H18O2. The molecule has 1 aliphatic carbocycles. The summed E-state index contributed by atoms with van der Waals surface area (Å²) in [5, 5.41) is 9.25. The van der Waals surface area contributed by atoms with Crippen LogP contribution in [0.3, 0.4) is 0 Å². The Morgan fingerprint density at radius 1 is 1.31 bits per heavy atom. The summed E-state index contributed by atoms with van der Waals surface area (Å²) in [7, 11) is 0. The van der Waals surface area contributed by atoms with Crippen LogP contribution < -0.4 is 0 Å². The van der Waals surface area contributed by atoms with Gasteiger partial charge in [0.25, 0.3) is 0 Å². The summed E-state index contributed by atoms with van der Waals surface area (Å²) >= 11 is 0. The number of hydrogen-bond donors (Lipinski definition) is 1. The Labute approximate surface area is 96.3 Å². The first-order chi connectivity index (χ1) is 7.42. The zero-order valence-corrected chi connectivity index (χ0v) is 10.0. The molecule has 0 saturated heterocycles. The molecule has 0 amide bonds. The summed E-state index contributed by atoms with van der Waals surface area (Å²) in [6.07, 6.45) is 0.956. The average molecular weight is 218 g/mol. The van der Waals surface area contributed by atoms with Crippen LogP contribution in [0.25, 0.3) is 0 Å². The molecule has 0 aliphatic heterocycles. The maximum Gasteiger partial charge on any atom is 0.307 e. The summed E-state index contributed by atoms with van der Waals surface area (Å²) in [6.45, 7) is 6.13. The molecule has 2 heteroatoms. The molecule has 0 spiro atoms. The fourth-order valence-electron chi connectivity index (χ4n) is 3.08.